The number of hydrogen-bond acceptors (Lipinski definition) is 4. The van der Waals surface area contributed by atoms with Crippen LogP contribution in [0, 0.1) is 0 Å². The van der Waals surface area contributed by atoms with E-state index >= 15 is 0 Å². The van der Waals surface area contributed by atoms with Gasteiger partial charge in [0.2, 0.25) is 0 Å². The number of nitrogens with two attached hydrogens (primary N) is 1. The molecule has 0 radical (unpaired) electrons. The van der Waals surface area contributed by atoms with Crippen LogP contribution in [0.25, 0.3) is 0 Å². The van der Waals surface area contributed by atoms with Gasteiger partial charge in [0.05, 0.1) is 16.8 Å². The Bertz CT molecular complexity index is 333. The lowest BCUT2D eigenvalue weighted by atomic mass is 10.0. The van der Waals surface area contributed by atoms with Crippen LogP contribution < -0.4 is 11.1 Å². The molecule has 1 aromatic rings. The molecule has 2 atom stereocenters. The zero-order valence-corrected chi connectivity index (χ0v) is 9.20. The number of anilines is 1. The summed E-state index contributed by atoms with van der Waals surface area (Å²) < 4.78 is 0. The largest absolute Gasteiger partial charge is 0.398 e. The number of nitrogen functional groups attached to an aromatic ring is 1. The minimum Gasteiger partial charge on any atom is -0.398 e. The van der Waals surface area contributed by atoms with Crippen LogP contribution in [0.3, 0.4) is 0 Å². The van der Waals surface area contributed by atoms with Crippen LogP contribution in [0.1, 0.15) is 11.7 Å². The van der Waals surface area contributed by atoms with Crippen LogP contribution in [0.5, 0.6) is 0 Å². The van der Waals surface area contributed by atoms with Gasteiger partial charge in [-0.2, -0.15) is 0 Å². The molecule has 15 heavy (non-hydrogen) atoms. The molecule has 2 unspecified atom stereocenters. The molecule has 4 nitrogen and oxygen atoms in total. The molecule has 0 amide bonds. The minimum atomic E-state index is -0.962. The van der Waals surface area contributed by atoms with Gasteiger partial charge in [-0.3, -0.25) is 0 Å². The molecule has 0 saturated heterocycles. The Balaban J connectivity index is 2.81. The van der Waals surface area contributed by atoms with Crippen molar-refractivity contribution >= 4 is 17.3 Å². The number of aliphatic hydroxyl groups is 2. The summed E-state index contributed by atoms with van der Waals surface area (Å²) >= 11 is 5.81. The molecule has 0 aliphatic heterocycles. The van der Waals surface area contributed by atoms with Gasteiger partial charge in [-0.1, -0.05) is 17.7 Å². The molecular formula is C10H15ClN2O2. The van der Waals surface area contributed by atoms with Crippen molar-refractivity contribution < 1.29 is 10.2 Å². The van der Waals surface area contributed by atoms with E-state index in [0.717, 1.165) is 0 Å². The molecule has 84 valence electrons. The lowest BCUT2D eigenvalue weighted by molar-refractivity contribution is 0.0202. The maximum atomic E-state index is 9.75. The van der Waals surface area contributed by atoms with Gasteiger partial charge in [-0.05, 0) is 24.7 Å². The molecule has 1 rings (SSSR count). The van der Waals surface area contributed by atoms with Gasteiger partial charge in [0, 0.05) is 6.54 Å². The molecule has 0 spiro atoms. The Morgan fingerprint density at radius 3 is 2.67 bits per heavy atom. The predicted molar refractivity (Wildman–Crippen MR) is 60.8 cm³/mol. The third-order valence-corrected chi connectivity index (χ3v) is 2.47. The fourth-order valence-electron chi connectivity index (χ4n) is 1.27. The lowest BCUT2D eigenvalue weighted by Crippen LogP contribution is -2.29. The van der Waals surface area contributed by atoms with E-state index < -0.39 is 12.2 Å². The smallest absolute Gasteiger partial charge is 0.106 e. The van der Waals surface area contributed by atoms with Gasteiger partial charge < -0.3 is 21.3 Å². The fraction of sp³-hybridized carbons (Fsp3) is 0.400. The Hall–Kier alpha value is -0.810. The number of aliphatic hydroxyl groups excluding tert-OH is 2. The Morgan fingerprint density at radius 2 is 2.13 bits per heavy atom. The number of rotatable bonds is 4. The second kappa shape index (κ2) is 5.32. The first-order valence-corrected chi connectivity index (χ1v) is 4.99. The van der Waals surface area contributed by atoms with Crippen LogP contribution in [-0.2, 0) is 0 Å². The first kappa shape index (κ1) is 12.3. The monoisotopic (exact) mass is 230 g/mol. The highest BCUT2D eigenvalue weighted by Crippen LogP contribution is 2.24. The highest BCUT2D eigenvalue weighted by atomic mass is 35.5. The molecule has 0 aromatic heterocycles. The van der Waals surface area contributed by atoms with Crippen LogP contribution in [0.15, 0.2) is 18.2 Å². The van der Waals surface area contributed by atoms with E-state index in [1.54, 1.807) is 25.2 Å². The van der Waals surface area contributed by atoms with Crippen molar-refractivity contribution in [1.29, 1.82) is 0 Å². The summed E-state index contributed by atoms with van der Waals surface area (Å²) in [7, 11) is 1.70. The molecule has 0 saturated carbocycles. The minimum absolute atomic E-state index is 0.309. The third-order valence-electron chi connectivity index (χ3n) is 2.14. The molecule has 0 bridgehead atoms. The average Bonchev–Trinajstić information content (AvgIpc) is 2.21. The van der Waals surface area contributed by atoms with Crippen molar-refractivity contribution in [1.82, 2.24) is 5.32 Å². The number of benzene rings is 1. The van der Waals surface area contributed by atoms with Gasteiger partial charge in [-0.15, -0.1) is 0 Å². The van der Waals surface area contributed by atoms with Gasteiger partial charge in [0.25, 0.3) is 0 Å². The number of likely N-dealkylation sites (N-methyl/N-ethyl adjacent to an activating group) is 1. The van der Waals surface area contributed by atoms with Crippen molar-refractivity contribution in [3.05, 3.63) is 28.8 Å². The first-order chi connectivity index (χ1) is 7.06. The summed E-state index contributed by atoms with van der Waals surface area (Å²) in [6, 6.07) is 4.80. The van der Waals surface area contributed by atoms with Gasteiger partial charge in [-0.25, -0.2) is 0 Å². The molecule has 5 heteroatoms. The Kier molecular flexibility index (Phi) is 4.35. The van der Waals surface area contributed by atoms with E-state index in [1.165, 1.54) is 0 Å². The van der Waals surface area contributed by atoms with Crippen molar-refractivity contribution in [2.75, 3.05) is 19.3 Å². The van der Waals surface area contributed by atoms with E-state index in [1.807, 2.05) is 0 Å². The highest BCUT2D eigenvalue weighted by molar-refractivity contribution is 6.33. The molecule has 0 fully saturated rings. The van der Waals surface area contributed by atoms with E-state index in [0.29, 0.717) is 22.8 Å². The van der Waals surface area contributed by atoms with Crippen molar-refractivity contribution in [3.8, 4) is 0 Å². The van der Waals surface area contributed by atoms with Gasteiger partial charge >= 0.3 is 0 Å². The standard InChI is InChI=1S/C10H15ClN2O2/c1-13-5-9(14)10(15)6-2-3-8(12)7(11)4-6/h2-4,9-10,13-15H,5,12H2,1H3. The van der Waals surface area contributed by atoms with E-state index in [9.17, 15) is 10.2 Å². The predicted octanol–water partition coefficient (Wildman–Crippen LogP) is 0.536. The molecule has 0 aliphatic carbocycles. The summed E-state index contributed by atoms with van der Waals surface area (Å²) in [6.07, 6.45) is -1.83. The summed E-state index contributed by atoms with van der Waals surface area (Å²) in [4.78, 5) is 0. The topological polar surface area (TPSA) is 78.5 Å². The summed E-state index contributed by atoms with van der Waals surface area (Å²) in [6.45, 7) is 0.309. The van der Waals surface area contributed by atoms with Crippen LogP contribution >= 0.6 is 11.6 Å². The fourth-order valence-corrected chi connectivity index (χ4v) is 1.46. The number of nitrogens with one attached hydrogen (secondary N) is 1. The molecule has 0 aliphatic rings. The molecule has 1 aromatic carbocycles. The van der Waals surface area contributed by atoms with Crippen LogP contribution in [-0.4, -0.2) is 29.9 Å². The van der Waals surface area contributed by atoms with Crippen molar-refractivity contribution in [3.63, 3.8) is 0 Å². The van der Waals surface area contributed by atoms with E-state index in [4.69, 9.17) is 17.3 Å². The summed E-state index contributed by atoms with van der Waals surface area (Å²) in [5.41, 5.74) is 6.54. The van der Waals surface area contributed by atoms with E-state index in [2.05, 4.69) is 5.32 Å². The summed E-state index contributed by atoms with van der Waals surface area (Å²) in [5.74, 6) is 0. The van der Waals surface area contributed by atoms with Crippen LogP contribution in [0.4, 0.5) is 5.69 Å². The first-order valence-electron chi connectivity index (χ1n) is 4.62. The van der Waals surface area contributed by atoms with Gasteiger partial charge in [0.1, 0.15) is 6.10 Å². The maximum absolute atomic E-state index is 9.75. The zero-order chi connectivity index (χ0) is 11.4. The maximum Gasteiger partial charge on any atom is 0.106 e. The lowest BCUT2D eigenvalue weighted by Gasteiger charge is -2.18. The van der Waals surface area contributed by atoms with E-state index in [-0.39, 0.29) is 0 Å². The SMILES string of the molecule is CNCC(O)C(O)c1ccc(N)c(Cl)c1. The molecule has 5 N–H and O–H groups in total. The van der Waals surface area contributed by atoms with Crippen molar-refractivity contribution in [2.45, 2.75) is 12.2 Å². The van der Waals surface area contributed by atoms with Crippen LogP contribution in [0.2, 0.25) is 5.02 Å². The number of hydrogen-bond donors (Lipinski definition) is 4. The van der Waals surface area contributed by atoms with Gasteiger partial charge in [0.15, 0.2) is 0 Å². The second-order valence-electron chi connectivity index (χ2n) is 3.35. The quantitative estimate of drug-likeness (QED) is 0.570. The zero-order valence-electron chi connectivity index (χ0n) is 8.44. The second-order valence-corrected chi connectivity index (χ2v) is 3.76. The summed E-state index contributed by atoms with van der Waals surface area (Å²) in [5, 5.41) is 22.4. The van der Waals surface area contributed by atoms with Crippen molar-refractivity contribution in [2.24, 2.45) is 0 Å². The Labute approximate surface area is 93.7 Å². The Morgan fingerprint density at radius 1 is 1.47 bits per heavy atom. The normalized spacial score (nSPS) is 14.9. The average molecular weight is 231 g/mol. The molecular weight excluding hydrogens is 216 g/mol. The highest BCUT2D eigenvalue weighted by Gasteiger charge is 2.17. The third kappa shape index (κ3) is 3.07. The number of halogens is 1. The molecule has 0 heterocycles.